The van der Waals surface area contributed by atoms with Crippen LogP contribution in [0.4, 0.5) is 10.5 Å². The number of amides is 2. The van der Waals surface area contributed by atoms with Gasteiger partial charge in [-0.2, -0.15) is 0 Å². The molecule has 0 spiro atoms. The molecule has 0 radical (unpaired) electrons. The number of nitrogens with zero attached hydrogens (tertiary/aromatic N) is 2. The van der Waals surface area contributed by atoms with Crippen molar-refractivity contribution in [3.05, 3.63) is 29.8 Å². The van der Waals surface area contributed by atoms with E-state index in [0.717, 1.165) is 19.5 Å². The second-order valence-corrected chi connectivity index (χ2v) is 5.51. The Kier molecular flexibility index (Phi) is 5.90. The lowest BCUT2D eigenvalue weighted by Crippen LogP contribution is -2.40. The predicted molar refractivity (Wildman–Crippen MR) is 87.9 cm³/mol. The average Bonchev–Trinajstić information content (AvgIpc) is 3.03. The van der Waals surface area contributed by atoms with Crippen LogP contribution >= 0.6 is 0 Å². The molecule has 1 aliphatic rings. The maximum Gasteiger partial charge on any atom is 0.317 e. The minimum atomic E-state index is 0.0358. The van der Waals surface area contributed by atoms with Crippen LogP contribution in [0.1, 0.15) is 32.3 Å². The lowest BCUT2D eigenvalue weighted by molar-refractivity contribution is 0.203. The summed E-state index contributed by atoms with van der Waals surface area (Å²) in [6, 6.07) is 8.79. The van der Waals surface area contributed by atoms with Gasteiger partial charge in [-0.25, -0.2) is 4.79 Å². The lowest BCUT2D eigenvalue weighted by Gasteiger charge is -2.19. The van der Waals surface area contributed by atoms with Gasteiger partial charge in [0.1, 0.15) is 0 Å². The molecule has 116 valence electrons. The van der Waals surface area contributed by atoms with Gasteiger partial charge in [0.15, 0.2) is 0 Å². The van der Waals surface area contributed by atoms with Crippen LogP contribution in [0.25, 0.3) is 0 Å². The highest BCUT2D eigenvalue weighted by molar-refractivity contribution is 5.74. The molecule has 1 saturated heterocycles. The molecular formula is C17H27N3O. The highest BCUT2D eigenvalue weighted by Gasteiger charge is 2.12. The summed E-state index contributed by atoms with van der Waals surface area (Å²) in [5, 5.41) is 2.98. The van der Waals surface area contributed by atoms with Gasteiger partial charge in [-0.05, 0) is 50.8 Å². The molecule has 1 fully saturated rings. The predicted octanol–water partition coefficient (Wildman–Crippen LogP) is 2.88. The number of carbonyl (C=O) groups excluding carboxylic acids is 1. The third kappa shape index (κ3) is 4.38. The normalized spacial score (nSPS) is 14.3. The molecule has 1 aliphatic heterocycles. The fourth-order valence-electron chi connectivity index (χ4n) is 2.79. The van der Waals surface area contributed by atoms with Crippen LogP contribution in [0.5, 0.6) is 0 Å². The quantitative estimate of drug-likeness (QED) is 0.874. The van der Waals surface area contributed by atoms with E-state index < -0.39 is 0 Å². The minimum absolute atomic E-state index is 0.0358. The molecule has 4 nitrogen and oxygen atoms in total. The topological polar surface area (TPSA) is 35.6 Å². The first-order valence-corrected chi connectivity index (χ1v) is 8.11. The molecule has 0 aliphatic carbocycles. The fourth-order valence-corrected chi connectivity index (χ4v) is 2.79. The Morgan fingerprint density at radius 3 is 2.33 bits per heavy atom. The van der Waals surface area contributed by atoms with E-state index in [4.69, 9.17) is 0 Å². The summed E-state index contributed by atoms with van der Waals surface area (Å²) in [5.74, 6) is 0. The summed E-state index contributed by atoms with van der Waals surface area (Å²) >= 11 is 0. The lowest BCUT2D eigenvalue weighted by atomic mass is 10.1. The molecule has 0 bridgehead atoms. The summed E-state index contributed by atoms with van der Waals surface area (Å²) in [4.78, 5) is 16.1. The second-order valence-electron chi connectivity index (χ2n) is 5.51. The molecule has 0 saturated carbocycles. The van der Waals surface area contributed by atoms with Gasteiger partial charge in [-0.3, -0.25) is 0 Å². The summed E-state index contributed by atoms with van der Waals surface area (Å²) in [7, 11) is 0. The van der Waals surface area contributed by atoms with E-state index in [2.05, 4.69) is 34.5 Å². The third-order valence-corrected chi connectivity index (χ3v) is 4.15. The van der Waals surface area contributed by atoms with Gasteiger partial charge in [0.2, 0.25) is 0 Å². The summed E-state index contributed by atoms with van der Waals surface area (Å²) in [5.41, 5.74) is 2.60. The molecule has 2 rings (SSSR count). The molecule has 2 amide bonds. The van der Waals surface area contributed by atoms with E-state index in [9.17, 15) is 4.79 Å². The number of nitrogens with one attached hydrogen (secondary N) is 1. The van der Waals surface area contributed by atoms with Crippen molar-refractivity contribution in [2.24, 2.45) is 0 Å². The average molecular weight is 289 g/mol. The molecule has 21 heavy (non-hydrogen) atoms. The molecule has 1 heterocycles. The van der Waals surface area contributed by atoms with Crippen molar-refractivity contribution < 1.29 is 4.79 Å². The van der Waals surface area contributed by atoms with E-state index in [1.165, 1.54) is 37.2 Å². The Bertz CT molecular complexity index is 434. The van der Waals surface area contributed by atoms with Gasteiger partial charge in [0, 0.05) is 38.4 Å². The zero-order valence-corrected chi connectivity index (χ0v) is 13.3. The fraction of sp³-hybridized carbons (Fsp3) is 0.588. The number of rotatable bonds is 6. The van der Waals surface area contributed by atoms with Crippen LogP contribution in [-0.4, -0.2) is 43.7 Å². The Labute approximate surface area is 128 Å². The first-order chi connectivity index (χ1) is 10.2. The van der Waals surface area contributed by atoms with Crippen molar-refractivity contribution in [1.29, 1.82) is 0 Å². The number of anilines is 1. The summed E-state index contributed by atoms with van der Waals surface area (Å²) < 4.78 is 0. The number of hydrogen-bond acceptors (Lipinski definition) is 2. The minimum Gasteiger partial charge on any atom is -0.372 e. The van der Waals surface area contributed by atoms with E-state index in [-0.39, 0.29) is 6.03 Å². The van der Waals surface area contributed by atoms with E-state index in [0.29, 0.717) is 6.54 Å². The van der Waals surface area contributed by atoms with E-state index in [1.807, 2.05) is 13.8 Å². The Balaban J connectivity index is 1.77. The Hall–Kier alpha value is -1.71. The summed E-state index contributed by atoms with van der Waals surface area (Å²) in [6.07, 6.45) is 3.49. The molecule has 4 heteroatoms. The number of urea groups is 1. The van der Waals surface area contributed by atoms with Crippen molar-refractivity contribution in [2.75, 3.05) is 37.6 Å². The van der Waals surface area contributed by atoms with Gasteiger partial charge in [0.05, 0.1) is 0 Å². The van der Waals surface area contributed by atoms with E-state index >= 15 is 0 Å². The molecule has 0 atom stereocenters. The number of benzene rings is 1. The van der Waals surface area contributed by atoms with Crippen LogP contribution in [-0.2, 0) is 6.42 Å². The molecular weight excluding hydrogens is 262 g/mol. The van der Waals surface area contributed by atoms with Crippen molar-refractivity contribution in [2.45, 2.75) is 33.1 Å². The van der Waals surface area contributed by atoms with Crippen LogP contribution in [0.15, 0.2) is 24.3 Å². The SMILES string of the molecule is CCN(CC)C(=O)NCCc1ccc(N2CCCC2)cc1. The van der Waals surface area contributed by atoms with Crippen LogP contribution in [0.3, 0.4) is 0 Å². The second kappa shape index (κ2) is 7.91. The van der Waals surface area contributed by atoms with Crippen molar-refractivity contribution in [3.63, 3.8) is 0 Å². The maximum atomic E-state index is 11.8. The molecule has 1 aromatic rings. The van der Waals surface area contributed by atoms with Crippen LogP contribution in [0, 0.1) is 0 Å². The molecule has 0 unspecified atom stereocenters. The summed E-state index contributed by atoms with van der Waals surface area (Å²) in [6.45, 7) is 8.57. The van der Waals surface area contributed by atoms with Gasteiger partial charge in [-0.1, -0.05) is 12.1 Å². The Morgan fingerprint density at radius 1 is 1.14 bits per heavy atom. The zero-order valence-electron chi connectivity index (χ0n) is 13.3. The van der Waals surface area contributed by atoms with Gasteiger partial charge < -0.3 is 15.1 Å². The molecule has 1 aromatic carbocycles. The van der Waals surface area contributed by atoms with Crippen molar-refractivity contribution in [3.8, 4) is 0 Å². The molecule has 0 aromatic heterocycles. The van der Waals surface area contributed by atoms with Crippen LogP contribution < -0.4 is 10.2 Å². The van der Waals surface area contributed by atoms with Crippen molar-refractivity contribution in [1.82, 2.24) is 10.2 Å². The van der Waals surface area contributed by atoms with Gasteiger partial charge >= 0.3 is 6.03 Å². The van der Waals surface area contributed by atoms with Crippen LogP contribution in [0.2, 0.25) is 0 Å². The highest BCUT2D eigenvalue weighted by Crippen LogP contribution is 2.20. The third-order valence-electron chi connectivity index (χ3n) is 4.15. The zero-order chi connectivity index (χ0) is 15.1. The monoisotopic (exact) mass is 289 g/mol. The standard InChI is InChI=1S/C17H27N3O/c1-3-19(4-2)17(21)18-12-11-15-7-9-16(10-8-15)20-13-5-6-14-20/h7-10H,3-6,11-14H2,1-2H3,(H,18,21). The largest absolute Gasteiger partial charge is 0.372 e. The molecule has 1 N–H and O–H groups in total. The first-order valence-electron chi connectivity index (χ1n) is 8.11. The highest BCUT2D eigenvalue weighted by atomic mass is 16.2. The smallest absolute Gasteiger partial charge is 0.317 e. The Morgan fingerprint density at radius 2 is 1.76 bits per heavy atom. The van der Waals surface area contributed by atoms with Gasteiger partial charge in [-0.15, -0.1) is 0 Å². The van der Waals surface area contributed by atoms with E-state index in [1.54, 1.807) is 4.90 Å². The number of carbonyl (C=O) groups is 1. The number of hydrogen-bond donors (Lipinski definition) is 1. The maximum absolute atomic E-state index is 11.8. The van der Waals surface area contributed by atoms with Gasteiger partial charge in [0.25, 0.3) is 0 Å². The first kappa shape index (κ1) is 15.7. The van der Waals surface area contributed by atoms with Crippen molar-refractivity contribution >= 4 is 11.7 Å².